The number of rotatable bonds is 4. The Balaban J connectivity index is 2.01. The molecule has 0 radical (unpaired) electrons. The Hall–Kier alpha value is -4.02. The minimum Gasteiger partial charge on any atom is -0.505 e. The van der Waals surface area contributed by atoms with E-state index >= 15 is 0 Å². The summed E-state index contributed by atoms with van der Waals surface area (Å²) < 4.78 is 2.72. The predicted octanol–water partition coefficient (Wildman–Crippen LogP) is 0.198. The summed E-state index contributed by atoms with van der Waals surface area (Å²) in [7, 11) is 1.73. The van der Waals surface area contributed by atoms with Gasteiger partial charge >= 0.3 is 5.97 Å². The fourth-order valence-electron chi connectivity index (χ4n) is 2.92. The molecule has 0 saturated heterocycles. The number of pyridine rings is 1. The van der Waals surface area contributed by atoms with Crippen LogP contribution in [0.4, 0.5) is 0 Å². The zero-order valence-corrected chi connectivity index (χ0v) is 14.0. The number of carboxylic acid groups (broad SMARTS) is 1. The van der Waals surface area contributed by atoms with E-state index in [0.29, 0.717) is 27.7 Å². The number of benzene rings is 1. The van der Waals surface area contributed by atoms with E-state index in [4.69, 9.17) is 5.11 Å². The molecule has 1 amide bonds. The van der Waals surface area contributed by atoms with E-state index in [9.17, 15) is 14.7 Å². The van der Waals surface area contributed by atoms with Gasteiger partial charge in [0, 0.05) is 23.4 Å². The number of aromatic hydroxyl groups is 1. The van der Waals surface area contributed by atoms with Crippen LogP contribution >= 0.6 is 0 Å². The van der Waals surface area contributed by atoms with Gasteiger partial charge in [0.25, 0.3) is 5.91 Å². The van der Waals surface area contributed by atoms with E-state index in [0.717, 1.165) is 0 Å². The summed E-state index contributed by atoms with van der Waals surface area (Å²) in [6.07, 6.45) is 2.96. The smallest absolute Gasteiger partial charge is 0.322 e. The maximum atomic E-state index is 12.4. The highest BCUT2D eigenvalue weighted by molar-refractivity contribution is 6.11. The van der Waals surface area contributed by atoms with Gasteiger partial charge in [-0.3, -0.25) is 14.3 Å². The molecule has 0 spiro atoms. The van der Waals surface area contributed by atoms with E-state index in [1.54, 1.807) is 36.1 Å². The number of carbonyl (C=O) groups is 2. The molecular formula is C16H13N7O4. The second-order valence-electron chi connectivity index (χ2n) is 5.77. The molecule has 3 N–H and O–H groups in total. The van der Waals surface area contributed by atoms with Gasteiger partial charge in [-0.25, -0.2) is 9.50 Å². The van der Waals surface area contributed by atoms with Crippen LogP contribution in [0, 0.1) is 0 Å². The lowest BCUT2D eigenvalue weighted by Crippen LogP contribution is -2.31. The molecule has 1 aromatic carbocycles. The van der Waals surface area contributed by atoms with Gasteiger partial charge in [-0.15, -0.1) is 5.10 Å². The van der Waals surface area contributed by atoms with Gasteiger partial charge in [0.2, 0.25) is 0 Å². The molecule has 4 aromatic rings. The van der Waals surface area contributed by atoms with Crippen LogP contribution in [-0.2, 0) is 11.8 Å². The Morgan fingerprint density at radius 2 is 2.11 bits per heavy atom. The number of nitrogens with zero attached hydrogens (tertiary/aromatic N) is 6. The number of amides is 1. The summed E-state index contributed by atoms with van der Waals surface area (Å²) >= 11 is 0. The van der Waals surface area contributed by atoms with E-state index in [1.807, 2.05) is 0 Å². The molecule has 3 aromatic heterocycles. The Morgan fingerprint density at radius 1 is 1.30 bits per heavy atom. The molecule has 0 atom stereocenters. The molecule has 11 nitrogen and oxygen atoms in total. The average molecular weight is 367 g/mol. The molecule has 4 rings (SSSR count). The van der Waals surface area contributed by atoms with Gasteiger partial charge in [-0.2, -0.15) is 5.10 Å². The Labute approximate surface area is 150 Å². The Morgan fingerprint density at radius 3 is 2.81 bits per heavy atom. The monoisotopic (exact) mass is 367 g/mol. The summed E-state index contributed by atoms with van der Waals surface area (Å²) in [6.45, 7) is -0.591. The molecule has 136 valence electrons. The van der Waals surface area contributed by atoms with E-state index in [2.05, 4.69) is 25.7 Å². The minimum absolute atomic E-state index is 0.201. The van der Waals surface area contributed by atoms with Crippen molar-refractivity contribution >= 4 is 28.3 Å². The molecule has 0 aliphatic carbocycles. The van der Waals surface area contributed by atoms with Crippen LogP contribution in [0.25, 0.3) is 27.7 Å². The van der Waals surface area contributed by atoms with Crippen molar-refractivity contribution in [1.29, 1.82) is 0 Å². The minimum atomic E-state index is -1.21. The van der Waals surface area contributed by atoms with Crippen molar-refractivity contribution in [3.63, 3.8) is 0 Å². The molecule has 0 aliphatic rings. The van der Waals surface area contributed by atoms with E-state index < -0.39 is 18.4 Å². The summed E-state index contributed by atoms with van der Waals surface area (Å²) in [5, 5.41) is 34.7. The second kappa shape index (κ2) is 6.05. The SMILES string of the molecule is Cn1cc(-c2cccc3c(O)c(C(=O)NCC(=O)O)n4ncnc4c23)nn1. The lowest BCUT2D eigenvalue weighted by atomic mass is 10.0. The number of aryl methyl sites for hydroxylation is 1. The number of aromatic nitrogens is 6. The third kappa shape index (κ3) is 2.61. The average Bonchev–Trinajstić information content (AvgIpc) is 3.28. The summed E-state index contributed by atoms with van der Waals surface area (Å²) in [6, 6.07) is 5.13. The molecule has 27 heavy (non-hydrogen) atoms. The van der Waals surface area contributed by atoms with Crippen LogP contribution in [0.15, 0.2) is 30.7 Å². The first-order valence-electron chi connectivity index (χ1n) is 7.81. The van der Waals surface area contributed by atoms with Crippen LogP contribution in [0.5, 0.6) is 5.75 Å². The summed E-state index contributed by atoms with van der Waals surface area (Å²) in [5.74, 6) is -2.32. The molecule has 11 heteroatoms. The van der Waals surface area contributed by atoms with Gasteiger partial charge in [0.15, 0.2) is 17.1 Å². The first-order chi connectivity index (χ1) is 13.0. The standard InChI is InChI=1S/C16H13N7O4/c1-22-6-10(20-21-22)8-3-2-4-9-12(8)15-18-7-19-23(15)13(14(9)26)16(27)17-5-11(24)25/h2-4,6-7,26H,5H2,1H3,(H,17,27)(H,24,25). The number of nitrogens with one attached hydrogen (secondary N) is 1. The number of aliphatic carboxylic acids is 1. The summed E-state index contributed by atoms with van der Waals surface area (Å²) in [5.41, 5.74) is 1.35. The van der Waals surface area contributed by atoms with Crippen molar-refractivity contribution in [1.82, 2.24) is 34.9 Å². The first-order valence-corrected chi connectivity index (χ1v) is 7.81. The number of hydrogen-bond acceptors (Lipinski definition) is 7. The molecular weight excluding hydrogens is 354 g/mol. The van der Waals surface area contributed by atoms with E-state index in [1.165, 1.54) is 10.8 Å². The van der Waals surface area contributed by atoms with Crippen LogP contribution in [0.1, 0.15) is 10.5 Å². The van der Waals surface area contributed by atoms with Crippen LogP contribution in [0.2, 0.25) is 0 Å². The topological polar surface area (TPSA) is 148 Å². The highest BCUT2D eigenvalue weighted by atomic mass is 16.4. The van der Waals surface area contributed by atoms with Crippen LogP contribution in [0.3, 0.4) is 0 Å². The Kier molecular flexibility index (Phi) is 3.69. The number of carbonyl (C=O) groups excluding carboxylic acids is 1. The largest absolute Gasteiger partial charge is 0.505 e. The van der Waals surface area contributed by atoms with Gasteiger partial charge in [-0.05, 0) is 0 Å². The van der Waals surface area contributed by atoms with Crippen molar-refractivity contribution in [2.24, 2.45) is 7.05 Å². The third-order valence-corrected chi connectivity index (χ3v) is 4.02. The molecule has 0 saturated carbocycles. The van der Waals surface area contributed by atoms with Crippen LogP contribution < -0.4 is 5.32 Å². The molecule has 0 bridgehead atoms. The van der Waals surface area contributed by atoms with Crippen molar-refractivity contribution < 1.29 is 19.8 Å². The van der Waals surface area contributed by atoms with E-state index in [-0.39, 0.29) is 11.4 Å². The lowest BCUT2D eigenvalue weighted by Gasteiger charge is -2.12. The zero-order chi connectivity index (χ0) is 19.1. The normalized spacial score (nSPS) is 11.1. The number of hydrogen-bond donors (Lipinski definition) is 3. The molecule has 0 aliphatic heterocycles. The van der Waals surface area contributed by atoms with Gasteiger partial charge in [0.05, 0.1) is 6.20 Å². The summed E-state index contributed by atoms with van der Waals surface area (Å²) in [4.78, 5) is 27.4. The second-order valence-corrected chi connectivity index (χ2v) is 5.77. The quantitative estimate of drug-likeness (QED) is 0.463. The van der Waals surface area contributed by atoms with Gasteiger partial charge < -0.3 is 15.5 Å². The molecule has 0 unspecified atom stereocenters. The Bertz CT molecular complexity index is 1210. The highest BCUT2D eigenvalue weighted by Gasteiger charge is 2.24. The first kappa shape index (κ1) is 16.4. The van der Waals surface area contributed by atoms with Crippen LogP contribution in [-0.4, -0.2) is 58.2 Å². The fourth-order valence-corrected chi connectivity index (χ4v) is 2.92. The highest BCUT2D eigenvalue weighted by Crippen LogP contribution is 2.36. The van der Waals surface area contributed by atoms with Crippen molar-refractivity contribution in [2.45, 2.75) is 0 Å². The maximum absolute atomic E-state index is 12.4. The predicted molar refractivity (Wildman–Crippen MR) is 92.1 cm³/mol. The third-order valence-electron chi connectivity index (χ3n) is 4.02. The number of carboxylic acids is 1. The lowest BCUT2D eigenvalue weighted by molar-refractivity contribution is -0.135. The van der Waals surface area contributed by atoms with Crippen molar-refractivity contribution in [3.8, 4) is 17.0 Å². The zero-order valence-electron chi connectivity index (χ0n) is 14.0. The van der Waals surface area contributed by atoms with Gasteiger partial charge in [0.1, 0.15) is 18.6 Å². The number of fused-ring (bicyclic) bond motifs is 3. The fraction of sp³-hybridized carbons (Fsp3) is 0.125. The van der Waals surface area contributed by atoms with Gasteiger partial charge in [-0.1, -0.05) is 23.4 Å². The maximum Gasteiger partial charge on any atom is 0.322 e. The molecule has 3 heterocycles. The molecule has 0 fully saturated rings. The van der Waals surface area contributed by atoms with Crippen molar-refractivity contribution in [3.05, 3.63) is 36.4 Å². The van der Waals surface area contributed by atoms with Crippen molar-refractivity contribution in [2.75, 3.05) is 6.54 Å².